The monoisotopic (exact) mass is 306 g/mol. The Morgan fingerprint density at radius 2 is 1.95 bits per heavy atom. The summed E-state index contributed by atoms with van der Waals surface area (Å²) in [5, 5.41) is 14.5. The summed E-state index contributed by atoms with van der Waals surface area (Å²) < 4.78 is 0. The van der Waals surface area contributed by atoms with Crippen LogP contribution in [0.3, 0.4) is 0 Å². The zero-order valence-electron chi connectivity index (χ0n) is 13.8. The molecule has 122 valence electrons. The number of aliphatic hydroxyl groups excluding tert-OH is 1. The van der Waals surface area contributed by atoms with Crippen molar-refractivity contribution in [3.05, 3.63) is 29.8 Å². The molecule has 0 saturated carbocycles. The van der Waals surface area contributed by atoms with Gasteiger partial charge in [0, 0.05) is 29.8 Å². The number of hydrogen-bond acceptors (Lipinski definition) is 3. The van der Waals surface area contributed by atoms with E-state index in [-0.39, 0.29) is 24.3 Å². The Balaban J connectivity index is 2.67. The Hall–Kier alpha value is -1.88. The van der Waals surface area contributed by atoms with Crippen molar-refractivity contribution in [2.75, 3.05) is 18.5 Å². The summed E-state index contributed by atoms with van der Waals surface area (Å²) in [6.45, 7) is 8.10. The first-order valence-corrected chi connectivity index (χ1v) is 7.54. The average Bonchev–Trinajstić information content (AvgIpc) is 2.44. The first-order chi connectivity index (χ1) is 10.2. The molecule has 5 nitrogen and oxygen atoms in total. The maximum Gasteiger partial charge on any atom is 0.251 e. The standard InChI is InChI=1S/C17H26N2O3/c1-12(8-9-20)11-18-15(21)13-6-5-7-14(10-13)19-16(22)17(2,3)4/h5-7,10,12,20H,8-9,11H2,1-4H3,(H,18,21)(H,19,22). The maximum atomic E-state index is 12.1. The van der Waals surface area contributed by atoms with Gasteiger partial charge in [0.1, 0.15) is 0 Å². The normalized spacial score (nSPS) is 12.6. The molecule has 0 aliphatic heterocycles. The molecule has 1 atom stereocenters. The number of nitrogens with one attached hydrogen (secondary N) is 2. The summed E-state index contributed by atoms with van der Waals surface area (Å²) in [5.74, 6) is -0.0593. The molecule has 0 aromatic heterocycles. The Labute approximate surface area is 132 Å². The number of aliphatic hydroxyl groups is 1. The summed E-state index contributed by atoms with van der Waals surface area (Å²) >= 11 is 0. The van der Waals surface area contributed by atoms with Crippen molar-refractivity contribution in [1.82, 2.24) is 5.32 Å². The van der Waals surface area contributed by atoms with Gasteiger partial charge in [-0.2, -0.15) is 0 Å². The van der Waals surface area contributed by atoms with Crippen LogP contribution in [0.1, 0.15) is 44.5 Å². The minimum atomic E-state index is -0.488. The van der Waals surface area contributed by atoms with Crippen molar-refractivity contribution in [2.45, 2.75) is 34.1 Å². The summed E-state index contributed by atoms with van der Waals surface area (Å²) in [7, 11) is 0. The van der Waals surface area contributed by atoms with Crippen molar-refractivity contribution in [3.8, 4) is 0 Å². The minimum Gasteiger partial charge on any atom is -0.396 e. The molecule has 3 N–H and O–H groups in total. The molecule has 0 heterocycles. The van der Waals surface area contributed by atoms with Gasteiger partial charge in [0.15, 0.2) is 0 Å². The topological polar surface area (TPSA) is 78.4 Å². The van der Waals surface area contributed by atoms with E-state index >= 15 is 0 Å². The van der Waals surface area contributed by atoms with Crippen LogP contribution < -0.4 is 10.6 Å². The highest BCUT2D eigenvalue weighted by Crippen LogP contribution is 2.18. The van der Waals surface area contributed by atoms with Gasteiger partial charge in [0.05, 0.1) is 0 Å². The fourth-order valence-corrected chi connectivity index (χ4v) is 1.75. The molecule has 5 heteroatoms. The fourth-order valence-electron chi connectivity index (χ4n) is 1.75. The number of hydrogen-bond donors (Lipinski definition) is 3. The molecule has 0 spiro atoms. The van der Waals surface area contributed by atoms with E-state index in [1.54, 1.807) is 24.3 Å². The van der Waals surface area contributed by atoms with E-state index in [0.717, 1.165) is 0 Å². The third kappa shape index (κ3) is 5.85. The van der Waals surface area contributed by atoms with Gasteiger partial charge in [-0.3, -0.25) is 9.59 Å². The number of anilines is 1. The number of amides is 2. The lowest BCUT2D eigenvalue weighted by Gasteiger charge is -2.18. The molecule has 0 aliphatic rings. The summed E-state index contributed by atoms with van der Waals surface area (Å²) in [6.07, 6.45) is 0.655. The van der Waals surface area contributed by atoms with Gasteiger partial charge < -0.3 is 15.7 Å². The number of carbonyl (C=O) groups is 2. The van der Waals surface area contributed by atoms with Crippen molar-refractivity contribution in [2.24, 2.45) is 11.3 Å². The molecule has 0 bridgehead atoms. The van der Waals surface area contributed by atoms with Crippen molar-refractivity contribution >= 4 is 17.5 Å². The zero-order valence-corrected chi connectivity index (χ0v) is 13.8. The van der Waals surface area contributed by atoms with Gasteiger partial charge in [-0.15, -0.1) is 0 Å². The van der Waals surface area contributed by atoms with E-state index in [0.29, 0.717) is 24.2 Å². The highest BCUT2D eigenvalue weighted by Gasteiger charge is 2.21. The van der Waals surface area contributed by atoms with Gasteiger partial charge in [0.2, 0.25) is 5.91 Å². The molecule has 2 amide bonds. The third-order valence-corrected chi connectivity index (χ3v) is 3.30. The molecule has 22 heavy (non-hydrogen) atoms. The number of rotatable bonds is 6. The largest absolute Gasteiger partial charge is 0.396 e. The Morgan fingerprint density at radius 1 is 1.27 bits per heavy atom. The van der Waals surface area contributed by atoms with Gasteiger partial charge >= 0.3 is 0 Å². The van der Waals surface area contributed by atoms with Crippen LogP contribution in [0.15, 0.2) is 24.3 Å². The van der Waals surface area contributed by atoms with Crippen LogP contribution in [-0.2, 0) is 4.79 Å². The second-order valence-electron chi connectivity index (χ2n) is 6.61. The Morgan fingerprint density at radius 3 is 2.55 bits per heavy atom. The highest BCUT2D eigenvalue weighted by atomic mass is 16.3. The Kier molecular flexibility index (Phi) is 6.56. The van der Waals surface area contributed by atoms with E-state index in [9.17, 15) is 9.59 Å². The van der Waals surface area contributed by atoms with Crippen molar-refractivity contribution < 1.29 is 14.7 Å². The molecule has 1 unspecified atom stereocenters. The quantitative estimate of drug-likeness (QED) is 0.755. The van der Waals surface area contributed by atoms with Crippen molar-refractivity contribution in [1.29, 1.82) is 0 Å². The summed E-state index contributed by atoms with van der Waals surface area (Å²) in [6, 6.07) is 6.87. The lowest BCUT2D eigenvalue weighted by molar-refractivity contribution is -0.123. The van der Waals surface area contributed by atoms with Crippen LogP contribution in [0.5, 0.6) is 0 Å². The second kappa shape index (κ2) is 7.94. The molecular formula is C17H26N2O3. The van der Waals surface area contributed by atoms with E-state index in [2.05, 4.69) is 10.6 Å². The molecule has 1 aromatic rings. The molecule has 0 radical (unpaired) electrons. The molecule has 0 aliphatic carbocycles. The third-order valence-electron chi connectivity index (χ3n) is 3.30. The highest BCUT2D eigenvalue weighted by molar-refractivity contribution is 5.98. The zero-order chi connectivity index (χ0) is 16.8. The minimum absolute atomic E-state index is 0.0957. The first kappa shape index (κ1) is 18.2. The lowest BCUT2D eigenvalue weighted by Crippen LogP contribution is -2.29. The molecular weight excluding hydrogens is 280 g/mol. The molecule has 0 fully saturated rings. The van der Waals surface area contributed by atoms with Crippen LogP contribution in [0.2, 0.25) is 0 Å². The summed E-state index contributed by atoms with van der Waals surface area (Å²) in [4.78, 5) is 24.1. The van der Waals surface area contributed by atoms with E-state index < -0.39 is 5.41 Å². The van der Waals surface area contributed by atoms with Crippen LogP contribution in [0.4, 0.5) is 5.69 Å². The van der Waals surface area contributed by atoms with Gasteiger partial charge in [-0.25, -0.2) is 0 Å². The molecule has 0 saturated heterocycles. The Bertz CT molecular complexity index is 521. The first-order valence-electron chi connectivity index (χ1n) is 7.54. The van der Waals surface area contributed by atoms with Gasteiger partial charge in [-0.1, -0.05) is 33.8 Å². The van der Waals surface area contributed by atoms with E-state index in [1.165, 1.54) is 0 Å². The predicted octanol–water partition coefficient (Wildman–Crippen LogP) is 2.42. The number of benzene rings is 1. The average molecular weight is 306 g/mol. The molecule has 1 rings (SSSR count). The molecule has 1 aromatic carbocycles. The maximum absolute atomic E-state index is 12.1. The van der Waals surface area contributed by atoms with Crippen LogP contribution >= 0.6 is 0 Å². The van der Waals surface area contributed by atoms with Gasteiger partial charge in [0.25, 0.3) is 5.91 Å². The van der Waals surface area contributed by atoms with Crippen LogP contribution in [0.25, 0.3) is 0 Å². The summed E-state index contributed by atoms with van der Waals surface area (Å²) in [5.41, 5.74) is 0.622. The second-order valence-corrected chi connectivity index (χ2v) is 6.61. The fraction of sp³-hybridized carbons (Fsp3) is 0.529. The predicted molar refractivity (Wildman–Crippen MR) is 87.7 cm³/mol. The van der Waals surface area contributed by atoms with Crippen LogP contribution in [0, 0.1) is 11.3 Å². The number of carbonyl (C=O) groups excluding carboxylic acids is 2. The van der Waals surface area contributed by atoms with Crippen molar-refractivity contribution in [3.63, 3.8) is 0 Å². The SMILES string of the molecule is CC(CCO)CNC(=O)c1cccc(NC(=O)C(C)(C)C)c1. The lowest BCUT2D eigenvalue weighted by atomic mass is 9.95. The smallest absolute Gasteiger partial charge is 0.251 e. The van der Waals surface area contributed by atoms with E-state index in [4.69, 9.17) is 5.11 Å². The van der Waals surface area contributed by atoms with Gasteiger partial charge in [-0.05, 0) is 30.5 Å². The van der Waals surface area contributed by atoms with E-state index in [1.807, 2.05) is 27.7 Å². The van der Waals surface area contributed by atoms with Crippen LogP contribution in [-0.4, -0.2) is 30.1 Å².